The molecule has 94 valence electrons. The number of carboxylic acid groups (broad SMARTS) is 1. The lowest BCUT2D eigenvalue weighted by Gasteiger charge is -2.13. The summed E-state index contributed by atoms with van der Waals surface area (Å²) in [6.45, 7) is -0.255. The summed E-state index contributed by atoms with van der Waals surface area (Å²) in [6, 6.07) is 1.44. The fourth-order valence-electron chi connectivity index (χ4n) is 1.08. The lowest BCUT2D eigenvalue weighted by Crippen LogP contribution is -2.43. The summed E-state index contributed by atoms with van der Waals surface area (Å²) >= 11 is 0. The van der Waals surface area contributed by atoms with Gasteiger partial charge in [-0.15, -0.1) is 0 Å². The van der Waals surface area contributed by atoms with E-state index in [-0.39, 0.29) is 11.5 Å². The van der Waals surface area contributed by atoms with Gasteiger partial charge in [-0.25, -0.2) is 8.42 Å². The normalized spacial score (nSPS) is 13.2. The number of nitrogens with one attached hydrogen (secondary N) is 1. The van der Waals surface area contributed by atoms with E-state index in [1.165, 1.54) is 25.4 Å². The topological polar surface area (TPSA) is 106 Å². The van der Waals surface area contributed by atoms with Crippen molar-refractivity contribution in [2.24, 2.45) is 0 Å². The number of nitrogens with zero attached hydrogens (tertiary/aromatic N) is 1. The van der Waals surface area contributed by atoms with Crippen molar-refractivity contribution in [1.29, 1.82) is 0 Å². The van der Waals surface area contributed by atoms with E-state index in [9.17, 15) is 13.2 Å². The maximum atomic E-state index is 11.8. The molecular weight excluding hydrogens is 248 g/mol. The second-order valence-electron chi connectivity index (χ2n) is 3.16. The van der Waals surface area contributed by atoms with Crippen LogP contribution < -0.4 is 4.72 Å². The zero-order valence-electron chi connectivity index (χ0n) is 9.03. The first-order valence-corrected chi connectivity index (χ1v) is 6.10. The molecule has 0 fully saturated rings. The quantitative estimate of drug-likeness (QED) is 0.711. The van der Waals surface area contributed by atoms with Crippen LogP contribution in [0.1, 0.15) is 0 Å². The Labute approximate surface area is 98.5 Å². The average molecular weight is 260 g/mol. The van der Waals surface area contributed by atoms with Crippen LogP contribution in [0, 0.1) is 0 Å². The number of methoxy groups -OCH3 is 1. The first-order chi connectivity index (χ1) is 7.97. The third-order valence-electron chi connectivity index (χ3n) is 1.87. The molecule has 0 aromatic carbocycles. The second-order valence-corrected chi connectivity index (χ2v) is 4.87. The highest BCUT2D eigenvalue weighted by Gasteiger charge is 2.25. The van der Waals surface area contributed by atoms with E-state index >= 15 is 0 Å². The summed E-state index contributed by atoms with van der Waals surface area (Å²) in [6.07, 6.45) is 2.55. The first kappa shape index (κ1) is 13.6. The molecule has 0 saturated heterocycles. The van der Waals surface area contributed by atoms with Crippen molar-refractivity contribution in [2.45, 2.75) is 10.9 Å². The molecule has 1 unspecified atom stereocenters. The van der Waals surface area contributed by atoms with E-state index in [0.29, 0.717) is 0 Å². The highest BCUT2D eigenvalue weighted by atomic mass is 32.2. The van der Waals surface area contributed by atoms with Crippen LogP contribution in [0.2, 0.25) is 0 Å². The highest BCUT2D eigenvalue weighted by molar-refractivity contribution is 7.89. The van der Waals surface area contributed by atoms with Crippen LogP contribution in [0.3, 0.4) is 0 Å². The maximum absolute atomic E-state index is 11.8. The molecule has 0 saturated carbocycles. The molecule has 8 heteroatoms. The average Bonchev–Trinajstić information content (AvgIpc) is 2.29. The van der Waals surface area contributed by atoms with Gasteiger partial charge in [-0.3, -0.25) is 9.78 Å². The molecule has 0 spiro atoms. The molecule has 1 heterocycles. The standard InChI is InChI=1S/C9H12N2O5S/c1-16-6-8(9(12)13)11-17(14,15)7-3-2-4-10-5-7/h2-5,8,11H,6H2,1H3,(H,12,13). The van der Waals surface area contributed by atoms with E-state index < -0.39 is 22.0 Å². The number of sulfonamides is 1. The van der Waals surface area contributed by atoms with Gasteiger partial charge in [0.05, 0.1) is 6.61 Å². The molecule has 0 aliphatic rings. The van der Waals surface area contributed by atoms with Gasteiger partial charge in [0.2, 0.25) is 10.0 Å². The molecule has 1 aromatic rings. The van der Waals surface area contributed by atoms with Crippen molar-refractivity contribution >= 4 is 16.0 Å². The number of aromatic nitrogens is 1. The minimum atomic E-state index is -3.90. The number of aliphatic carboxylic acids is 1. The molecular formula is C9H12N2O5S. The van der Waals surface area contributed by atoms with E-state index in [1.807, 2.05) is 4.72 Å². The summed E-state index contributed by atoms with van der Waals surface area (Å²) in [5, 5.41) is 8.79. The number of rotatable bonds is 6. The molecule has 0 bridgehead atoms. The van der Waals surface area contributed by atoms with Crippen molar-refractivity contribution in [2.75, 3.05) is 13.7 Å². The summed E-state index contributed by atoms with van der Waals surface area (Å²) < 4.78 is 30.1. The zero-order valence-corrected chi connectivity index (χ0v) is 9.85. The number of ether oxygens (including phenoxy) is 1. The van der Waals surface area contributed by atoms with E-state index in [1.54, 1.807) is 0 Å². The highest BCUT2D eigenvalue weighted by Crippen LogP contribution is 2.06. The zero-order chi connectivity index (χ0) is 12.9. The van der Waals surface area contributed by atoms with Gasteiger partial charge >= 0.3 is 5.97 Å². The first-order valence-electron chi connectivity index (χ1n) is 4.61. The maximum Gasteiger partial charge on any atom is 0.324 e. The Morgan fingerprint density at radius 2 is 2.35 bits per heavy atom. The van der Waals surface area contributed by atoms with Gasteiger partial charge in [0.1, 0.15) is 10.9 Å². The van der Waals surface area contributed by atoms with Gasteiger partial charge in [-0.1, -0.05) is 0 Å². The van der Waals surface area contributed by atoms with Crippen molar-refractivity contribution in [1.82, 2.24) is 9.71 Å². The summed E-state index contributed by atoms with van der Waals surface area (Å²) in [4.78, 5) is 14.3. The molecule has 17 heavy (non-hydrogen) atoms. The van der Waals surface area contributed by atoms with Gasteiger partial charge in [-0.05, 0) is 12.1 Å². The van der Waals surface area contributed by atoms with Crippen LogP contribution in [0.5, 0.6) is 0 Å². The molecule has 1 rings (SSSR count). The van der Waals surface area contributed by atoms with E-state index in [0.717, 1.165) is 6.20 Å². The Balaban J connectivity index is 2.89. The van der Waals surface area contributed by atoms with Crippen LogP contribution in [-0.4, -0.2) is 44.2 Å². The monoisotopic (exact) mass is 260 g/mol. The number of pyridine rings is 1. The fraction of sp³-hybridized carbons (Fsp3) is 0.333. The lowest BCUT2D eigenvalue weighted by molar-refractivity contribution is -0.140. The number of hydrogen-bond donors (Lipinski definition) is 2. The lowest BCUT2D eigenvalue weighted by atomic mass is 10.3. The van der Waals surface area contributed by atoms with E-state index in [2.05, 4.69) is 9.72 Å². The van der Waals surface area contributed by atoms with Gasteiger partial charge in [0.15, 0.2) is 0 Å². The summed E-state index contributed by atoms with van der Waals surface area (Å²) in [5.74, 6) is -1.31. The Bertz CT molecular complexity index is 473. The van der Waals surface area contributed by atoms with E-state index in [4.69, 9.17) is 5.11 Å². The molecule has 7 nitrogen and oxygen atoms in total. The number of carboxylic acids is 1. The van der Waals surface area contributed by atoms with Crippen molar-refractivity contribution in [3.8, 4) is 0 Å². The fourth-order valence-corrected chi connectivity index (χ4v) is 2.22. The minimum absolute atomic E-state index is 0.0950. The Morgan fingerprint density at radius 1 is 1.65 bits per heavy atom. The molecule has 1 aromatic heterocycles. The molecule has 1 atom stereocenters. The third-order valence-corrected chi connectivity index (χ3v) is 3.33. The Morgan fingerprint density at radius 3 is 2.82 bits per heavy atom. The predicted octanol–water partition coefficient (Wildman–Crippen LogP) is -0.540. The molecule has 0 aliphatic heterocycles. The number of carbonyl (C=O) groups is 1. The van der Waals surface area contributed by atoms with Gasteiger partial charge in [0, 0.05) is 19.5 Å². The van der Waals surface area contributed by atoms with Gasteiger partial charge in [0.25, 0.3) is 0 Å². The second kappa shape index (κ2) is 5.71. The molecule has 0 aliphatic carbocycles. The van der Waals surface area contributed by atoms with Crippen LogP contribution in [0.25, 0.3) is 0 Å². The van der Waals surface area contributed by atoms with Crippen LogP contribution in [0.15, 0.2) is 29.4 Å². The summed E-state index contributed by atoms with van der Waals surface area (Å²) in [5.41, 5.74) is 0. The third kappa shape index (κ3) is 3.77. The van der Waals surface area contributed by atoms with Crippen molar-refractivity contribution < 1.29 is 23.1 Å². The number of hydrogen-bond acceptors (Lipinski definition) is 5. The summed E-state index contributed by atoms with van der Waals surface area (Å²) in [7, 11) is -2.61. The van der Waals surface area contributed by atoms with Gasteiger partial charge < -0.3 is 9.84 Å². The van der Waals surface area contributed by atoms with Gasteiger partial charge in [-0.2, -0.15) is 4.72 Å². The Hall–Kier alpha value is -1.51. The molecule has 2 N–H and O–H groups in total. The SMILES string of the molecule is COCC(NS(=O)(=O)c1cccnc1)C(=O)O. The van der Waals surface area contributed by atoms with Crippen LogP contribution >= 0.6 is 0 Å². The molecule has 0 amide bonds. The Kier molecular flexibility index (Phi) is 4.55. The predicted molar refractivity (Wildman–Crippen MR) is 57.9 cm³/mol. The van der Waals surface area contributed by atoms with Crippen molar-refractivity contribution in [3.05, 3.63) is 24.5 Å². The molecule has 0 radical (unpaired) electrons. The van der Waals surface area contributed by atoms with Crippen LogP contribution in [-0.2, 0) is 19.6 Å². The minimum Gasteiger partial charge on any atom is -0.480 e. The van der Waals surface area contributed by atoms with Crippen LogP contribution in [0.4, 0.5) is 0 Å². The largest absolute Gasteiger partial charge is 0.480 e. The smallest absolute Gasteiger partial charge is 0.324 e. The van der Waals surface area contributed by atoms with Crippen molar-refractivity contribution in [3.63, 3.8) is 0 Å².